The molecule has 0 saturated carbocycles. The molecule has 0 aliphatic heterocycles. The van der Waals surface area contributed by atoms with Crippen molar-refractivity contribution in [3.8, 4) is 0 Å². The molecule has 0 aliphatic carbocycles. The number of aliphatic hydroxyl groups is 1. The number of carboxylic acids is 2. The third-order valence-corrected chi connectivity index (χ3v) is 4.95. The predicted octanol–water partition coefficient (Wildman–Crippen LogP) is 3.54. The molecule has 192 valence electrons. The second-order valence-electron chi connectivity index (χ2n) is 7.50. The Morgan fingerprint density at radius 1 is 0.838 bits per heavy atom. The van der Waals surface area contributed by atoms with E-state index in [1.165, 1.54) is 0 Å². The number of ketones is 1. The molecule has 0 spiro atoms. The maximum atomic E-state index is 12.8. The van der Waals surface area contributed by atoms with E-state index >= 15 is 0 Å². The van der Waals surface area contributed by atoms with Gasteiger partial charge < -0.3 is 26.0 Å². The highest BCUT2D eigenvalue weighted by molar-refractivity contribution is 6.31. The van der Waals surface area contributed by atoms with Crippen LogP contribution in [0.15, 0.2) is 91.0 Å². The molecule has 3 aromatic carbocycles. The van der Waals surface area contributed by atoms with Crippen LogP contribution in [-0.4, -0.2) is 52.0 Å². The number of amides is 1. The number of nitrogens with one attached hydrogen (secondary N) is 2. The van der Waals surface area contributed by atoms with Gasteiger partial charge in [-0.15, -0.1) is 0 Å². The minimum atomic E-state index is -1.26. The second kappa shape index (κ2) is 14.9. The summed E-state index contributed by atoms with van der Waals surface area (Å²) in [5, 5.41) is 31.8. The van der Waals surface area contributed by atoms with Gasteiger partial charge in [0.1, 0.15) is 0 Å². The van der Waals surface area contributed by atoms with Crippen LogP contribution in [0.4, 0.5) is 5.69 Å². The van der Waals surface area contributed by atoms with Crippen molar-refractivity contribution in [3.05, 3.63) is 113 Å². The van der Waals surface area contributed by atoms with Crippen molar-refractivity contribution in [2.45, 2.75) is 6.10 Å². The summed E-state index contributed by atoms with van der Waals surface area (Å²) >= 11 is 6.06. The molecule has 1 atom stereocenters. The molecule has 0 aromatic heterocycles. The second-order valence-corrected chi connectivity index (χ2v) is 7.94. The average Bonchev–Trinajstić information content (AvgIpc) is 2.89. The number of hydrogen-bond donors (Lipinski definition) is 5. The van der Waals surface area contributed by atoms with Crippen LogP contribution in [0.2, 0.25) is 5.02 Å². The van der Waals surface area contributed by atoms with Gasteiger partial charge in [-0.1, -0.05) is 72.3 Å². The quantitative estimate of drug-likeness (QED) is 0.199. The Labute approximate surface area is 218 Å². The lowest BCUT2D eigenvalue weighted by atomic mass is 10.0. The molecule has 0 radical (unpaired) electrons. The number of halogens is 1. The molecule has 9 nitrogen and oxygen atoms in total. The minimum Gasteiger partial charge on any atom is -0.478 e. The van der Waals surface area contributed by atoms with Gasteiger partial charge in [-0.3, -0.25) is 9.59 Å². The number of rotatable bonds is 10. The maximum Gasteiger partial charge on any atom is 0.328 e. The molecule has 5 N–H and O–H groups in total. The summed E-state index contributed by atoms with van der Waals surface area (Å²) < 4.78 is 0. The van der Waals surface area contributed by atoms with Crippen molar-refractivity contribution in [1.82, 2.24) is 5.32 Å². The standard InChI is InChI=1S/C23H21ClN2O3.C4H4O4/c24-18-11-12-20(19(13-18)23(29)17-9-5-2-6-10-17)26-22(28)15-25-14-21(27)16-7-3-1-4-8-16;5-3(6)1-2-4(7)8/h1-13,21,25,27H,14-15H2,(H,26,28);1-2H,(H,5,6)(H,7,8)/b;2-1-. The average molecular weight is 525 g/mol. The Bertz CT molecular complexity index is 1230. The summed E-state index contributed by atoms with van der Waals surface area (Å²) in [6.45, 7) is 0.222. The smallest absolute Gasteiger partial charge is 0.328 e. The summed E-state index contributed by atoms with van der Waals surface area (Å²) in [5.41, 5.74) is 1.99. The van der Waals surface area contributed by atoms with Gasteiger partial charge in [0.15, 0.2) is 5.78 Å². The first-order valence-corrected chi connectivity index (χ1v) is 11.3. The van der Waals surface area contributed by atoms with Gasteiger partial charge in [0.05, 0.1) is 18.3 Å². The highest BCUT2D eigenvalue weighted by Crippen LogP contribution is 2.23. The van der Waals surface area contributed by atoms with Crippen molar-refractivity contribution in [2.75, 3.05) is 18.4 Å². The molecule has 0 fully saturated rings. The lowest BCUT2D eigenvalue weighted by Crippen LogP contribution is -2.31. The van der Waals surface area contributed by atoms with Gasteiger partial charge in [0.2, 0.25) is 5.91 Å². The van der Waals surface area contributed by atoms with Gasteiger partial charge in [0.25, 0.3) is 0 Å². The van der Waals surface area contributed by atoms with Crippen LogP contribution in [0.5, 0.6) is 0 Å². The Balaban J connectivity index is 0.000000521. The van der Waals surface area contributed by atoms with Gasteiger partial charge in [-0.2, -0.15) is 0 Å². The summed E-state index contributed by atoms with van der Waals surface area (Å²) in [4.78, 5) is 44.2. The van der Waals surface area contributed by atoms with Crippen LogP contribution < -0.4 is 10.6 Å². The van der Waals surface area contributed by atoms with Crippen molar-refractivity contribution in [1.29, 1.82) is 0 Å². The first-order chi connectivity index (χ1) is 17.7. The number of carbonyl (C=O) groups excluding carboxylic acids is 2. The fourth-order valence-corrected chi connectivity index (χ4v) is 3.18. The third-order valence-electron chi connectivity index (χ3n) is 4.71. The lowest BCUT2D eigenvalue weighted by molar-refractivity contribution is -0.134. The van der Waals surface area contributed by atoms with E-state index in [9.17, 15) is 24.3 Å². The molecule has 3 rings (SSSR count). The number of hydrogen-bond acceptors (Lipinski definition) is 6. The summed E-state index contributed by atoms with van der Waals surface area (Å²) in [7, 11) is 0. The largest absolute Gasteiger partial charge is 0.478 e. The molecule has 3 aromatic rings. The summed E-state index contributed by atoms with van der Waals surface area (Å²) in [6, 6.07) is 22.8. The van der Waals surface area contributed by atoms with Crippen LogP contribution in [0.3, 0.4) is 0 Å². The van der Waals surface area contributed by atoms with E-state index in [2.05, 4.69) is 10.6 Å². The fraction of sp³-hybridized carbons (Fsp3) is 0.111. The zero-order valence-electron chi connectivity index (χ0n) is 19.5. The molecular weight excluding hydrogens is 500 g/mol. The molecule has 0 heterocycles. The van der Waals surface area contributed by atoms with Gasteiger partial charge in [0, 0.05) is 34.8 Å². The van der Waals surface area contributed by atoms with Gasteiger partial charge in [-0.25, -0.2) is 9.59 Å². The Hall–Kier alpha value is -4.31. The van der Waals surface area contributed by atoms with E-state index in [0.29, 0.717) is 34.0 Å². The van der Waals surface area contributed by atoms with E-state index in [-0.39, 0.29) is 24.8 Å². The Morgan fingerprint density at radius 2 is 1.41 bits per heavy atom. The first-order valence-electron chi connectivity index (χ1n) is 10.9. The normalized spacial score (nSPS) is 11.2. The maximum absolute atomic E-state index is 12.8. The van der Waals surface area contributed by atoms with Crippen molar-refractivity contribution >= 4 is 40.9 Å². The van der Waals surface area contributed by atoms with Crippen LogP contribution in [0.25, 0.3) is 0 Å². The van der Waals surface area contributed by atoms with Gasteiger partial charge >= 0.3 is 11.9 Å². The number of anilines is 1. The molecular formula is C27H25ClN2O7. The number of benzene rings is 3. The molecule has 37 heavy (non-hydrogen) atoms. The number of aliphatic hydroxyl groups excluding tert-OH is 1. The van der Waals surface area contributed by atoms with E-state index in [0.717, 1.165) is 5.56 Å². The van der Waals surface area contributed by atoms with E-state index in [1.807, 2.05) is 36.4 Å². The first kappa shape index (κ1) is 28.9. The van der Waals surface area contributed by atoms with Crippen molar-refractivity contribution in [3.63, 3.8) is 0 Å². The van der Waals surface area contributed by atoms with Crippen LogP contribution in [0.1, 0.15) is 27.6 Å². The predicted molar refractivity (Wildman–Crippen MR) is 139 cm³/mol. The molecule has 0 bridgehead atoms. The molecule has 10 heteroatoms. The number of carbonyl (C=O) groups is 4. The van der Waals surface area contributed by atoms with Crippen LogP contribution in [-0.2, 0) is 14.4 Å². The van der Waals surface area contributed by atoms with Gasteiger partial charge in [-0.05, 0) is 23.8 Å². The topological polar surface area (TPSA) is 153 Å². The summed E-state index contributed by atoms with van der Waals surface area (Å²) in [6.07, 6.45) is 0.403. The van der Waals surface area contributed by atoms with Crippen LogP contribution in [0, 0.1) is 0 Å². The lowest BCUT2D eigenvalue weighted by Gasteiger charge is -2.14. The SMILES string of the molecule is O=C(CNCC(O)c1ccccc1)Nc1ccc(Cl)cc1C(=O)c1ccccc1.O=C(O)/C=C\C(=O)O. The molecule has 0 saturated heterocycles. The number of aliphatic carboxylic acids is 2. The third kappa shape index (κ3) is 10.5. The van der Waals surface area contributed by atoms with Crippen molar-refractivity contribution in [2.24, 2.45) is 0 Å². The Kier molecular flexibility index (Phi) is 11.7. The Morgan fingerprint density at radius 3 is 1.97 bits per heavy atom. The van der Waals surface area contributed by atoms with E-state index in [1.54, 1.807) is 42.5 Å². The number of carboxylic acid groups (broad SMARTS) is 2. The van der Waals surface area contributed by atoms with E-state index in [4.69, 9.17) is 21.8 Å². The molecule has 1 amide bonds. The minimum absolute atomic E-state index is 0.00844. The highest BCUT2D eigenvalue weighted by Gasteiger charge is 2.16. The zero-order valence-corrected chi connectivity index (χ0v) is 20.3. The molecule has 1 unspecified atom stereocenters. The summed E-state index contributed by atoms with van der Waals surface area (Å²) in [5.74, 6) is -3.06. The van der Waals surface area contributed by atoms with Crippen molar-refractivity contribution < 1.29 is 34.5 Å². The fourth-order valence-electron chi connectivity index (χ4n) is 3.01. The highest BCUT2D eigenvalue weighted by atomic mass is 35.5. The van der Waals surface area contributed by atoms with E-state index < -0.39 is 18.0 Å². The molecule has 0 aliphatic rings. The monoisotopic (exact) mass is 524 g/mol. The zero-order chi connectivity index (χ0) is 27.2. The van der Waals surface area contributed by atoms with Crippen LogP contribution >= 0.6 is 11.6 Å².